The molecule has 0 radical (unpaired) electrons. The van der Waals surface area contributed by atoms with Gasteiger partial charge < -0.3 is 19.0 Å². The van der Waals surface area contributed by atoms with Gasteiger partial charge in [0, 0.05) is 19.6 Å². The summed E-state index contributed by atoms with van der Waals surface area (Å²) >= 11 is 0. The molecule has 144 valence electrons. The molecule has 0 saturated heterocycles. The molecule has 0 bridgehead atoms. The maximum absolute atomic E-state index is 9.70. The minimum atomic E-state index is -1.76. The number of aliphatic hydroxyl groups is 1. The van der Waals surface area contributed by atoms with Crippen LogP contribution >= 0.6 is 0 Å². The van der Waals surface area contributed by atoms with Crippen LogP contribution in [0.3, 0.4) is 0 Å². The molecule has 0 saturated carbocycles. The molecule has 0 aromatic rings. The first-order chi connectivity index (χ1) is 11.0. The second kappa shape index (κ2) is 10.7. The molecule has 4 atom stereocenters. The molecule has 5 heteroatoms. The van der Waals surface area contributed by atoms with E-state index >= 15 is 0 Å². The Bertz CT molecular complexity index is 352. The van der Waals surface area contributed by atoms with E-state index in [2.05, 4.69) is 54.3 Å². The van der Waals surface area contributed by atoms with Gasteiger partial charge in [0.05, 0.1) is 12.2 Å². The Morgan fingerprint density at radius 2 is 1.71 bits per heavy atom. The third-order valence-electron chi connectivity index (χ3n) is 5.20. The minimum absolute atomic E-state index is 0.0479. The van der Waals surface area contributed by atoms with Gasteiger partial charge in [0.25, 0.3) is 0 Å². The van der Waals surface area contributed by atoms with Crippen LogP contribution in [-0.4, -0.2) is 46.1 Å². The first-order valence-electron chi connectivity index (χ1n) is 9.01. The number of ether oxygens (including phenoxy) is 2. The molecule has 0 spiro atoms. The molecule has 1 N–H and O–H groups in total. The van der Waals surface area contributed by atoms with Crippen molar-refractivity contribution < 1.29 is 19.0 Å². The van der Waals surface area contributed by atoms with Crippen molar-refractivity contribution in [2.24, 2.45) is 11.8 Å². The fourth-order valence-corrected chi connectivity index (χ4v) is 3.52. The van der Waals surface area contributed by atoms with Crippen LogP contribution in [0.2, 0.25) is 18.1 Å². The van der Waals surface area contributed by atoms with Crippen LogP contribution in [0.5, 0.6) is 0 Å². The van der Waals surface area contributed by atoms with E-state index in [9.17, 15) is 5.11 Å². The molecule has 4 nitrogen and oxygen atoms in total. The lowest BCUT2D eigenvalue weighted by Gasteiger charge is -2.38. The predicted molar refractivity (Wildman–Crippen MR) is 104 cm³/mol. The van der Waals surface area contributed by atoms with E-state index in [0.717, 1.165) is 6.42 Å². The van der Waals surface area contributed by atoms with Gasteiger partial charge >= 0.3 is 0 Å². The highest BCUT2D eigenvalue weighted by Crippen LogP contribution is 2.37. The van der Waals surface area contributed by atoms with Gasteiger partial charge in [-0.15, -0.1) is 6.58 Å². The van der Waals surface area contributed by atoms with E-state index < -0.39 is 14.4 Å². The standard InChI is InChI=1S/C19H40O4Si/c1-10-17(20)12-11-15(2)18(22-14-21-7)16(3)13-23-24(8,9)19(4,5)6/h10,15-18,20H,1,11-14H2,2-9H3/t15-,16-,17-,18-/m1/s1. The lowest BCUT2D eigenvalue weighted by molar-refractivity contribution is -0.114. The van der Waals surface area contributed by atoms with Gasteiger partial charge in [-0.1, -0.05) is 40.7 Å². The van der Waals surface area contributed by atoms with Gasteiger partial charge in [0.2, 0.25) is 0 Å². The van der Waals surface area contributed by atoms with Gasteiger partial charge in [0.15, 0.2) is 8.32 Å². The van der Waals surface area contributed by atoms with Crippen molar-refractivity contribution in [2.75, 3.05) is 20.5 Å². The lowest BCUT2D eigenvalue weighted by Crippen LogP contribution is -2.43. The van der Waals surface area contributed by atoms with Gasteiger partial charge in [-0.3, -0.25) is 0 Å². The van der Waals surface area contributed by atoms with Crippen molar-refractivity contribution in [2.45, 2.75) is 77.8 Å². The summed E-state index contributed by atoms with van der Waals surface area (Å²) in [6, 6.07) is 0. The van der Waals surface area contributed by atoms with E-state index in [4.69, 9.17) is 13.9 Å². The third-order valence-corrected chi connectivity index (χ3v) is 9.70. The summed E-state index contributed by atoms with van der Waals surface area (Å²) in [4.78, 5) is 0. The molecule has 24 heavy (non-hydrogen) atoms. The van der Waals surface area contributed by atoms with Crippen molar-refractivity contribution in [3.05, 3.63) is 12.7 Å². The van der Waals surface area contributed by atoms with E-state index in [-0.39, 0.29) is 23.9 Å². The molecule has 0 rings (SSSR count). The summed E-state index contributed by atoms with van der Waals surface area (Å²) in [7, 11) is -0.123. The Balaban J connectivity index is 4.75. The van der Waals surface area contributed by atoms with E-state index in [1.807, 2.05) is 0 Å². The molecule has 0 amide bonds. The second-order valence-corrected chi connectivity index (χ2v) is 13.3. The van der Waals surface area contributed by atoms with Crippen molar-refractivity contribution in [3.63, 3.8) is 0 Å². The second-order valence-electron chi connectivity index (χ2n) is 8.44. The maximum Gasteiger partial charge on any atom is 0.191 e. The number of hydrogen-bond donors (Lipinski definition) is 1. The van der Waals surface area contributed by atoms with Crippen LogP contribution in [0.1, 0.15) is 47.5 Å². The van der Waals surface area contributed by atoms with Crippen molar-refractivity contribution in [3.8, 4) is 0 Å². The lowest BCUT2D eigenvalue weighted by atomic mass is 9.89. The monoisotopic (exact) mass is 360 g/mol. The normalized spacial score (nSPS) is 18.0. The molecule has 0 aliphatic rings. The van der Waals surface area contributed by atoms with Crippen molar-refractivity contribution in [1.29, 1.82) is 0 Å². The molecule has 0 fully saturated rings. The Kier molecular flexibility index (Phi) is 10.6. The predicted octanol–water partition coefficient (Wildman–Crippen LogP) is 4.60. The van der Waals surface area contributed by atoms with Crippen LogP contribution < -0.4 is 0 Å². The molecule has 0 aromatic heterocycles. The summed E-state index contributed by atoms with van der Waals surface area (Å²) < 4.78 is 17.4. The Hall–Kier alpha value is -0.203. The van der Waals surface area contributed by atoms with Crippen LogP contribution in [0.25, 0.3) is 0 Å². The molecular weight excluding hydrogens is 320 g/mol. The number of methoxy groups -OCH3 is 1. The van der Waals surface area contributed by atoms with Gasteiger partial charge in [0.1, 0.15) is 6.79 Å². The smallest absolute Gasteiger partial charge is 0.191 e. The summed E-state index contributed by atoms with van der Waals surface area (Å²) in [6.07, 6.45) is 2.77. The van der Waals surface area contributed by atoms with Crippen LogP contribution in [0, 0.1) is 11.8 Å². The third kappa shape index (κ3) is 8.25. The zero-order valence-electron chi connectivity index (χ0n) is 17.1. The van der Waals surface area contributed by atoms with Crippen molar-refractivity contribution in [1.82, 2.24) is 0 Å². The van der Waals surface area contributed by atoms with Gasteiger partial charge in [-0.05, 0) is 36.9 Å². The molecule has 0 aliphatic carbocycles. The average molecular weight is 361 g/mol. The van der Waals surface area contributed by atoms with Crippen LogP contribution in [-0.2, 0) is 13.9 Å². The van der Waals surface area contributed by atoms with E-state index in [1.54, 1.807) is 13.2 Å². The van der Waals surface area contributed by atoms with Crippen LogP contribution in [0.15, 0.2) is 12.7 Å². The minimum Gasteiger partial charge on any atom is -0.416 e. The highest BCUT2D eigenvalue weighted by atomic mass is 28.4. The molecular formula is C19H40O4Si. The SMILES string of the molecule is C=C[C@@H](O)CC[C@@H](C)[C@@H](OCOC)[C@H](C)CO[Si](C)(C)C(C)(C)C. The van der Waals surface area contributed by atoms with Gasteiger partial charge in [-0.25, -0.2) is 0 Å². The van der Waals surface area contributed by atoms with Gasteiger partial charge in [-0.2, -0.15) is 0 Å². The zero-order chi connectivity index (χ0) is 19.0. The number of rotatable bonds is 12. The largest absolute Gasteiger partial charge is 0.416 e. The Labute approximate surface area is 150 Å². The first kappa shape index (κ1) is 23.8. The fraction of sp³-hybridized carbons (Fsp3) is 0.895. The summed E-state index contributed by atoms with van der Waals surface area (Å²) in [5, 5.41) is 9.90. The topological polar surface area (TPSA) is 47.9 Å². The first-order valence-corrected chi connectivity index (χ1v) is 11.9. The zero-order valence-corrected chi connectivity index (χ0v) is 18.1. The van der Waals surface area contributed by atoms with E-state index in [0.29, 0.717) is 18.9 Å². The Morgan fingerprint density at radius 3 is 2.17 bits per heavy atom. The molecule has 0 aromatic carbocycles. The van der Waals surface area contributed by atoms with Crippen molar-refractivity contribution >= 4 is 8.32 Å². The molecule has 0 aliphatic heterocycles. The average Bonchev–Trinajstić information content (AvgIpc) is 2.49. The van der Waals surface area contributed by atoms with E-state index in [1.165, 1.54) is 0 Å². The number of aliphatic hydroxyl groups excluding tert-OH is 1. The molecule has 0 heterocycles. The Morgan fingerprint density at radius 1 is 1.12 bits per heavy atom. The quantitative estimate of drug-likeness (QED) is 0.314. The highest BCUT2D eigenvalue weighted by molar-refractivity contribution is 6.74. The highest BCUT2D eigenvalue weighted by Gasteiger charge is 2.38. The maximum atomic E-state index is 9.70. The summed E-state index contributed by atoms with van der Waals surface area (Å²) in [5.41, 5.74) is 0. The summed E-state index contributed by atoms with van der Waals surface area (Å²) in [5.74, 6) is 0.581. The summed E-state index contributed by atoms with van der Waals surface area (Å²) in [6.45, 7) is 20.2. The number of hydrogen-bond acceptors (Lipinski definition) is 4. The fourth-order valence-electron chi connectivity index (χ4n) is 2.40. The van der Waals surface area contributed by atoms with Crippen LogP contribution in [0.4, 0.5) is 0 Å². The molecule has 0 unspecified atom stereocenters.